The Balaban J connectivity index is 1.70. The molecule has 1 aromatic heterocycles. The molecular formula is C15H13F4N3O2. The Labute approximate surface area is 134 Å². The summed E-state index contributed by atoms with van der Waals surface area (Å²) in [7, 11) is 0. The number of nitrogens with one attached hydrogen (secondary N) is 1. The lowest BCUT2D eigenvalue weighted by Gasteiger charge is -2.06. The van der Waals surface area contributed by atoms with Crippen molar-refractivity contribution in [2.75, 3.05) is 0 Å². The molecule has 1 heterocycles. The van der Waals surface area contributed by atoms with Gasteiger partial charge >= 0.3 is 12.1 Å². The minimum atomic E-state index is -4.79. The van der Waals surface area contributed by atoms with Crippen LogP contribution in [0.25, 0.3) is 11.4 Å². The van der Waals surface area contributed by atoms with Gasteiger partial charge in [-0.25, -0.2) is 4.39 Å². The summed E-state index contributed by atoms with van der Waals surface area (Å²) in [5.41, 5.74) is 0.276. The van der Waals surface area contributed by atoms with Crippen LogP contribution >= 0.6 is 0 Å². The van der Waals surface area contributed by atoms with E-state index in [0.29, 0.717) is 11.5 Å². The number of carbonyl (C=O) groups excluding carboxylic acids is 1. The minimum Gasteiger partial charge on any atom is -0.352 e. The number of nitrogens with zero attached hydrogens (tertiary/aromatic N) is 2. The van der Waals surface area contributed by atoms with Gasteiger partial charge in [0.25, 0.3) is 0 Å². The molecule has 1 amide bonds. The van der Waals surface area contributed by atoms with Gasteiger partial charge in [0.2, 0.25) is 11.7 Å². The molecule has 0 saturated heterocycles. The van der Waals surface area contributed by atoms with Gasteiger partial charge in [-0.3, -0.25) is 4.79 Å². The number of halogens is 4. The van der Waals surface area contributed by atoms with Crippen molar-refractivity contribution in [3.63, 3.8) is 0 Å². The molecule has 9 heteroatoms. The van der Waals surface area contributed by atoms with Gasteiger partial charge in [-0.15, -0.1) is 0 Å². The number of hydrogen-bond acceptors (Lipinski definition) is 4. The summed E-state index contributed by atoms with van der Waals surface area (Å²) >= 11 is 0. The molecule has 0 bridgehead atoms. The molecule has 1 N–H and O–H groups in total. The van der Waals surface area contributed by atoms with E-state index in [2.05, 4.69) is 20.0 Å². The largest absolute Gasteiger partial charge is 0.471 e. The van der Waals surface area contributed by atoms with E-state index in [1.807, 2.05) is 6.92 Å². The fraction of sp³-hybridized carbons (Fsp3) is 0.400. The second kappa shape index (κ2) is 5.88. The third-order valence-corrected chi connectivity index (χ3v) is 3.86. The molecule has 2 aromatic rings. The van der Waals surface area contributed by atoms with E-state index in [1.165, 1.54) is 12.1 Å². The van der Waals surface area contributed by atoms with Crippen LogP contribution in [0.2, 0.25) is 0 Å². The van der Waals surface area contributed by atoms with Crippen molar-refractivity contribution in [1.29, 1.82) is 0 Å². The van der Waals surface area contributed by atoms with E-state index in [4.69, 9.17) is 0 Å². The van der Waals surface area contributed by atoms with E-state index in [0.717, 1.165) is 12.5 Å². The monoisotopic (exact) mass is 343 g/mol. The summed E-state index contributed by atoms with van der Waals surface area (Å²) in [4.78, 5) is 14.9. The molecule has 2 atom stereocenters. The first kappa shape index (κ1) is 16.4. The van der Waals surface area contributed by atoms with Gasteiger partial charge in [-0.2, -0.15) is 18.2 Å². The lowest BCUT2D eigenvalue weighted by Crippen LogP contribution is -2.24. The highest BCUT2D eigenvalue weighted by molar-refractivity contribution is 5.81. The highest BCUT2D eigenvalue weighted by Crippen LogP contribution is 2.37. The van der Waals surface area contributed by atoms with Gasteiger partial charge < -0.3 is 9.84 Å². The molecule has 1 aliphatic rings. The van der Waals surface area contributed by atoms with Gasteiger partial charge in [-0.05, 0) is 30.0 Å². The average molecular weight is 343 g/mol. The molecule has 5 nitrogen and oxygen atoms in total. The first-order valence-corrected chi connectivity index (χ1v) is 7.23. The number of hydrogen-bond donors (Lipinski definition) is 1. The van der Waals surface area contributed by atoms with Crippen molar-refractivity contribution in [1.82, 2.24) is 15.5 Å². The number of carbonyl (C=O) groups is 1. The Bertz CT molecular complexity index is 772. The molecule has 24 heavy (non-hydrogen) atoms. The molecule has 1 fully saturated rings. The van der Waals surface area contributed by atoms with Crippen LogP contribution < -0.4 is 5.32 Å². The second-order valence-electron chi connectivity index (χ2n) is 5.77. The Morgan fingerprint density at radius 1 is 1.42 bits per heavy atom. The highest BCUT2D eigenvalue weighted by atomic mass is 19.4. The number of amides is 1. The first-order valence-electron chi connectivity index (χ1n) is 7.23. The molecule has 0 aliphatic heterocycles. The molecule has 1 aliphatic carbocycles. The van der Waals surface area contributed by atoms with E-state index in [9.17, 15) is 22.4 Å². The van der Waals surface area contributed by atoms with E-state index in [1.54, 1.807) is 0 Å². The van der Waals surface area contributed by atoms with Gasteiger partial charge in [0.05, 0.1) is 5.56 Å². The number of aromatic nitrogens is 2. The third kappa shape index (κ3) is 3.39. The predicted molar refractivity (Wildman–Crippen MR) is 73.8 cm³/mol. The first-order chi connectivity index (χ1) is 11.3. The third-order valence-electron chi connectivity index (χ3n) is 3.86. The Hall–Kier alpha value is -2.45. The van der Waals surface area contributed by atoms with E-state index >= 15 is 0 Å². The SMILES string of the molecule is CC1CC1C(=O)NCc1ccc(-c2noc(C(F)(F)F)n2)c(F)c1. The van der Waals surface area contributed by atoms with Crippen LogP contribution in [0.5, 0.6) is 0 Å². The van der Waals surface area contributed by atoms with Crippen LogP contribution in [0.4, 0.5) is 17.6 Å². The zero-order valence-electron chi connectivity index (χ0n) is 12.5. The van der Waals surface area contributed by atoms with E-state index in [-0.39, 0.29) is 23.9 Å². The maximum absolute atomic E-state index is 14.1. The molecule has 2 unspecified atom stereocenters. The molecule has 0 radical (unpaired) electrons. The maximum Gasteiger partial charge on any atom is 0.471 e. The van der Waals surface area contributed by atoms with Crippen molar-refractivity contribution in [3.8, 4) is 11.4 Å². The second-order valence-corrected chi connectivity index (χ2v) is 5.77. The zero-order chi connectivity index (χ0) is 17.5. The highest BCUT2D eigenvalue weighted by Gasteiger charge is 2.39. The lowest BCUT2D eigenvalue weighted by molar-refractivity contribution is -0.159. The average Bonchev–Trinajstić information content (AvgIpc) is 3.03. The number of alkyl halides is 3. The normalized spacial score (nSPS) is 20.0. The van der Waals surface area contributed by atoms with E-state index < -0.39 is 23.7 Å². The zero-order valence-corrected chi connectivity index (χ0v) is 12.5. The summed E-state index contributed by atoms with van der Waals surface area (Å²) in [6.07, 6.45) is -3.94. The standard InChI is InChI=1S/C15H13F4N3O2/c1-7-4-10(7)13(23)20-6-8-2-3-9(11(16)5-8)12-21-14(24-22-12)15(17,18)19/h2-3,5,7,10H,4,6H2,1H3,(H,20,23). The maximum atomic E-state index is 14.1. The quantitative estimate of drug-likeness (QED) is 0.866. The summed E-state index contributed by atoms with van der Waals surface area (Å²) in [6, 6.07) is 3.86. The van der Waals surface area contributed by atoms with Crippen LogP contribution in [0.3, 0.4) is 0 Å². The van der Waals surface area contributed by atoms with Crippen LogP contribution in [0.15, 0.2) is 22.7 Å². The van der Waals surface area contributed by atoms with Crippen LogP contribution in [-0.4, -0.2) is 16.0 Å². The van der Waals surface area contributed by atoms with Crippen LogP contribution in [-0.2, 0) is 17.5 Å². The van der Waals surface area contributed by atoms with Gasteiger partial charge in [0.15, 0.2) is 0 Å². The smallest absolute Gasteiger partial charge is 0.352 e. The molecular weight excluding hydrogens is 330 g/mol. The summed E-state index contributed by atoms with van der Waals surface area (Å²) < 4.78 is 55.4. The molecule has 128 valence electrons. The Morgan fingerprint density at radius 3 is 2.67 bits per heavy atom. The predicted octanol–water partition coefficient (Wildman–Crippen LogP) is 3.17. The summed E-state index contributed by atoms with van der Waals surface area (Å²) in [5, 5.41) is 5.84. The van der Waals surface area contributed by atoms with Crippen molar-refractivity contribution < 1.29 is 26.9 Å². The van der Waals surface area contributed by atoms with Crippen molar-refractivity contribution in [3.05, 3.63) is 35.5 Å². The minimum absolute atomic E-state index is 0.00856. The van der Waals surface area contributed by atoms with Crippen LogP contribution in [0, 0.1) is 17.7 Å². The fourth-order valence-electron chi connectivity index (χ4n) is 2.31. The molecule has 1 aromatic carbocycles. The van der Waals surface area contributed by atoms with Crippen LogP contribution in [0.1, 0.15) is 24.8 Å². The number of rotatable bonds is 4. The lowest BCUT2D eigenvalue weighted by atomic mass is 10.1. The fourth-order valence-corrected chi connectivity index (χ4v) is 2.31. The summed E-state index contributed by atoms with van der Waals surface area (Å²) in [5.74, 6) is -2.52. The van der Waals surface area contributed by atoms with Gasteiger partial charge in [-0.1, -0.05) is 18.1 Å². The summed E-state index contributed by atoms with van der Waals surface area (Å²) in [6.45, 7) is 2.11. The van der Waals surface area contributed by atoms with Gasteiger partial charge in [0.1, 0.15) is 5.82 Å². The molecule has 1 saturated carbocycles. The molecule has 3 rings (SSSR count). The topological polar surface area (TPSA) is 68.0 Å². The number of benzene rings is 1. The van der Waals surface area contributed by atoms with Crippen molar-refractivity contribution >= 4 is 5.91 Å². The Morgan fingerprint density at radius 2 is 2.12 bits per heavy atom. The Kier molecular flexibility index (Phi) is 4.02. The van der Waals surface area contributed by atoms with Gasteiger partial charge in [0, 0.05) is 12.5 Å². The van der Waals surface area contributed by atoms with Crippen molar-refractivity contribution in [2.45, 2.75) is 26.1 Å². The molecule has 0 spiro atoms. The van der Waals surface area contributed by atoms with Crippen molar-refractivity contribution in [2.24, 2.45) is 11.8 Å².